The molecule has 0 bridgehead atoms. The molecule has 3 aromatic rings. The number of hydrogen-bond donors (Lipinski definition) is 1. The number of fused-ring (bicyclic) bond motifs is 1. The van der Waals surface area contributed by atoms with Crippen LogP contribution in [-0.2, 0) is 0 Å². The lowest BCUT2D eigenvalue weighted by Crippen LogP contribution is -3.09. The van der Waals surface area contributed by atoms with E-state index in [1.165, 1.54) is 29.9 Å². The summed E-state index contributed by atoms with van der Waals surface area (Å²) < 4.78 is 0. The molecule has 2 heterocycles. The number of nitro benzene ring substituents is 1. The van der Waals surface area contributed by atoms with Crippen LogP contribution in [-0.4, -0.2) is 28.0 Å². The summed E-state index contributed by atoms with van der Waals surface area (Å²) in [4.78, 5) is 21.5. The summed E-state index contributed by atoms with van der Waals surface area (Å²) in [5.74, 6) is 2.34. The van der Waals surface area contributed by atoms with Crippen LogP contribution >= 0.6 is 0 Å². The predicted octanol–water partition coefficient (Wildman–Crippen LogP) is 3.15. The molecule has 0 saturated carbocycles. The standard InChI is InChI=1S/C20H20N4O2/c1-14-5-4-12-23(13-14)20-17-6-2-3-7-18(17)21-19(22-20)15-8-10-16(11-9-15)24(25)26/h2-3,6-11,14H,4-5,12-13H2,1H3/p+1. The first-order chi connectivity index (χ1) is 12.6. The minimum Gasteiger partial charge on any atom is -0.285 e. The highest BCUT2D eigenvalue weighted by Gasteiger charge is 2.25. The van der Waals surface area contributed by atoms with E-state index in [-0.39, 0.29) is 5.69 Å². The molecule has 2 atom stereocenters. The molecule has 1 aromatic heterocycles. The summed E-state index contributed by atoms with van der Waals surface area (Å²) in [6, 6.07) is 14.5. The fourth-order valence-corrected chi connectivity index (χ4v) is 3.71. The molecule has 26 heavy (non-hydrogen) atoms. The molecule has 1 aliphatic heterocycles. The zero-order chi connectivity index (χ0) is 18.1. The van der Waals surface area contributed by atoms with Crippen molar-refractivity contribution in [1.29, 1.82) is 0 Å². The molecule has 2 unspecified atom stereocenters. The molecule has 1 saturated heterocycles. The zero-order valence-corrected chi connectivity index (χ0v) is 14.7. The van der Waals surface area contributed by atoms with E-state index in [9.17, 15) is 10.1 Å². The average molecular weight is 349 g/mol. The molecule has 1 fully saturated rings. The van der Waals surface area contributed by atoms with Crippen molar-refractivity contribution in [2.45, 2.75) is 19.8 Å². The van der Waals surface area contributed by atoms with Crippen molar-refractivity contribution in [3.05, 3.63) is 58.6 Å². The molecule has 2 aromatic carbocycles. The summed E-state index contributed by atoms with van der Waals surface area (Å²) in [6.45, 7) is 4.44. The summed E-state index contributed by atoms with van der Waals surface area (Å²) in [5.41, 5.74) is 1.79. The third-order valence-corrected chi connectivity index (χ3v) is 5.04. The van der Waals surface area contributed by atoms with Crippen molar-refractivity contribution in [3.8, 4) is 11.4 Å². The molecule has 1 N–H and O–H groups in total. The lowest BCUT2D eigenvalue weighted by Gasteiger charge is -2.27. The predicted molar refractivity (Wildman–Crippen MR) is 100 cm³/mol. The lowest BCUT2D eigenvalue weighted by atomic mass is 10.00. The SMILES string of the molecule is CC1CCC[NH+](c2nc(-c3ccc([N+](=O)[O-])cc3)nc3ccccc23)C1. The Bertz CT molecular complexity index is 956. The molecule has 1 aliphatic rings. The number of piperidine rings is 1. The van der Waals surface area contributed by atoms with Crippen molar-refractivity contribution in [2.75, 3.05) is 13.1 Å². The summed E-state index contributed by atoms with van der Waals surface area (Å²) in [5, 5.41) is 12.0. The van der Waals surface area contributed by atoms with Crippen LogP contribution in [0, 0.1) is 16.0 Å². The molecule has 0 spiro atoms. The van der Waals surface area contributed by atoms with Crippen molar-refractivity contribution in [2.24, 2.45) is 5.92 Å². The molecule has 0 aliphatic carbocycles. The second-order valence-corrected chi connectivity index (χ2v) is 7.02. The van der Waals surface area contributed by atoms with Gasteiger partial charge in [0, 0.05) is 23.6 Å². The highest BCUT2D eigenvalue weighted by Crippen LogP contribution is 2.25. The van der Waals surface area contributed by atoms with E-state index in [0.29, 0.717) is 11.7 Å². The Morgan fingerprint density at radius 1 is 1.12 bits per heavy atom. The van der Waals surface area contributed by atoms with Crippen LogP contribution in [0.1, 0.15) is 19.8 Å². The number of rotatable bonds is 3. The first-order valence-electron chi connectivity index (χ1n) is 8.98. The quantitative estimate of drug-likeness (QED) is 0.582. The molecular weight excluding hydrogens is 328 g/mol. The van der Waals surface area contributed by atoms with Crippen LogP contribution in [0.2, 0.25) is 0 Å². The van der Waals surface area contributed by atoms with Crippen LogP contribution in [0.25, 0.3) is 22.3 Å². The van der Waals surface area contributed by atoms with Gasteiger partial charge in [0.25, 0.3) is 5.69 Å². The Morgan fingerprint density at radius 2 is 1.88 bits per heavy atom. The molecule has 0 amide bonds. The minimum atomic E-state index is -0.393. The van der Waals surface area contributed by atoms with Crippen molar-refractivity contribution < 1.29 is 9.82 Å². The van der Waals surface area contributed by atoms with Gasteiger partial charge in [0.1, 0.15) is 0 Å². The van der Waals surface area contributed by atoms with E-state index >= 15 is 0 Å². The summed E-state index contributed by atoms with van der Waals surface area (Å²) >= 11 is 0. The van der Waals surface area contributed by atoms with Gasteiger partial charge in [-0.15, -0.1) is 0 Å². The molecular formula is C20H21N4O2+. The second kappa shape index (κ2) is 6.80. The maximum absolute atomic E-state index is 10.9. The second-order valence-electron chi connectivity index (χ2n) is 7.02. The first kappa shape index (κ1) is 16.6. The number of para-hydroxylation sites is 1. The van der Waals surface area contributed by atoms with Crippen LogP contribution in [0.15, 0.2) is 48.5 Å². The van der Waals surface area contributed by atoms with Gasteiger partial charge >= 0.3 is 0 Å². The summed E-state index contributed by atoms with van der Waals surface area (Å²) in [6.07, 6.45) is 2.46. The molecule has 0 radical (unpaired) electrons. The van der Waals surface area contributed by atoms with Gasteiger partial charge in [-0.25, -0.2) is 4.98 Å². The Labute approximate surface area is 151 Å². The highest BCUT2D eigenvalue weighted by molar-refractivity contribution is 5.87. The van der Waals surface area contributed by atoms with E-state index < -0.39 is 4.92 Å². The molecule has 6 heteroatoms. The third kappa shape index (κ3) is 3.15. The Hall–Kier alpha value is -2.86. The van der Waals surface area contributed by atoms with E-state index in [0.717, 1.165) is 35.4 Å². The smallest absolute Gasteiger partial charge is 0.269 e. The Kier molecular flexibility index (Phi) is 4.34. The highest BCUT2D eigenvalue weighted by atomic mass is 16.6. The number of hydrogen-bond acceptors (Lipinski definition) is 4. The van der Waals surface area contributed by atoms with Gasteiger partial charge in [-0.05, 0) is 37.1 Å². The fourth-order valence-electron chi connectivity index (χ4n) is 3.71. The van der Waals surface area contributed by atoms with Gasteiger partial charge in [-0.2, -0.15) is 4.98 Å². The van der Waals surface area contributed by atoms with E-state index in [1.54, 1.807) is 12.1 Å². The molecule has 4 rings (SSSR count). The van der Waals surface area contributed by atoms with E-state index in [1.807, 2.05) is 18.2 Å². The van der Waals surface area contributed by atoms with E-state index in [4.69, 9.17) is 9.97 Å². The van der Waals surface area contributed by atoms with Gasteiger partial charge in [0.15, 0.2) is 5.82 Å². The average Bonchev–Trinajstić information content (AvgIpc) is 2.67. The number of aromatic nitrogens is 2. The normalized spacial score (nSPS) is 20.2. The number of benzene rings is 2. The van der Waals surface area contributed by atoms with Gasteiger partial charge in [0.2, 0.25) is 5.82 Å². The molecule has 6 nitrogen and oxygen atoms in total. The van der Waals surface area contributed by atoms with E-state index in [2.05, 4.69) is 13.0 Å². The number of nitro groups is 1. The maximum Gasteiger partial charge on any atom is 0.269 e. The van der Waals surface area contributed by atoms with Crippen LogP contribution < -0.4 is 4.90 Å². The van der Waals surface area contributed by atoms with Crippen LogP contribution in [0.4, 0.5) is 11.5 Å². The van der Waals surface area contributed by atoms with Crippen molar-refractivity contribution >= 4 is 22.4 Å². The third-order valence-electron chi connectivity index (χ3n) is 5.04. The first-order valence-corrected chi connectivity index (χ1v) is 8.98. The van der Waals surface area contributed by atoms with Gasteiger partial charge in [-0.1, -0.05) is 19.1 Å². The largest absolute Gasteiger partial charge is 0.285 e. The van der Waals surface area contributed by atoms with Crippen molar-refractivity contribution in [3.63, 3.8) is 0 Å². The lowest BCUT2D eigenvalue weighted by molar-refractivity contribution is -0.843. The van der Waals surface area contributed by atoms with Gasteiger partial charge < -0.3 is 0 Å². The topological polar surface area (TPSA) is 73.4 Å². The van der Waals surface area contributed by atoms with Gasteiger partial charge in [-0.3, -0.25) is 15.0 Å². The fraction of sp³-hybridized carbons (Fsp3) is 0.300. The Balaban J connectivity index is 1.82. The molecule has 132 valence electrons. The van der Waals surface area contributed by atoms with Gasteiger partial charge in [0.05, 0.1) is 28.9 Å². The number of quaternary nitrogens is 1. The summed E-state index contributed by atoms with van der Waals surface area (Å²) in [7, 11) is 0. The maximum atomic E-state index is 10.9. The number of non-ortho nitro benzene ring substituents is 1. The monoisotopic (exact) mass is 349 g/mol. The minimum absolute atomic E-state index is 0.0743. The number of nitrogens with one attached hydrogen (secondary N) is 1. The Morgan fingerprint density at radius 3 is 2.62 bits per heavy atom. The van der Waals surface area contributed by atoms with Crippen molar-refractivity contribution in [1.82, 2.24) is 9.97 Å². The van der Waals surface area contributed by atoms with Crippen LogP contribution in [0.5, 0.6) is 0 Å². The zero-order valence-electron chi connectivity index (χ0n) is 14.7. The number of nitrogens with zero attached hydrogens (tertiary/aromatic N) is 3. The van der Waals surface area contributed by atoms with Crippen LogP contribution in [0.3, 0.4) is 0 Å².